The van der Waals surface area contributed by atoms with E-state index in [0.717, 1.165) is 0 Å². The second kappa shape index (κ2) is 11.6. The zero-order valence-electron chi connectivity index (χ0n) is 17.5. The first-order valence-corrected chi connectivity index (χ1v) is 9.95. The maximum Gasteiger partial charge on any atom is 0.408 e. The van der Waals surface area contributed by atoms with E-state index in [0.29, 0.717) is 27.5 Å². The number of benzene rings is 2. The molecule has 0 fully saturated rings. The van der Waals surface area contributed by atoms with Crippen LogP contribution in [0.4, 0.5) is 16.2 Å². The van der Waals surface area contributed by atoms with Crippen molar-refractivity contribution in [2.45, 2.75) is 32.4 Å². The minimum absolute atomic E-state index is 0.0473. The molecule has 0 aliphatic carbocycles. The number of hydrogen-bond acceptors (Lipinski definition) is 6. The molecule has 11 heteroatoms. The van der Waals surface area contributed by atoms with Crippen LogP contribution in [0.2, 0.25) is 5.02 Å². The van der Waals surface area contributed by atoms with Crippen molar-refractivity contribution in [3.05, 3.63) is 58.6 Å². The van der Waals surface area contributed by atoms with Crippen molar-refractivity contribution in [3.63, 3.8) is 0 Å². The fourth-order valence-corrected chi connectivity index (χ4v) is 2.81. The van der Waals surface area contributed by atoms with Gasteiger partial charge in [0.2, 0.25) is 0 Å². The lowest BCUT2D eigenvalue weighted by atomic mass is 10.1. The molecule has 0 aromatic heterocycles. The van der Waals surface area contributed by atoms with Gasteiger partial charge in [0.05, 0.1) is 16.8 Å². The number of alkyl carbamates (subject to hydrolysis) is 1. The molecule has 2 aromatic carbocycles. The van der Waals surface area contributed by atoms with Crippen LogP contribution in [0.3, 0.4) is 0 Å². The average molecular weight is 462 g/mol. The van der Waals surface area contributed by atoms with E-state index in [1.807, 2.05) is 0 Å². The molecule has 0 radical (unpaired) electrons. The SMILES string of the molecule is CC(C)OC(=O)N[C@@H](Cc1ccc(NC(=O)c2ccc(Cl)c(NC=NN)c2)cc1)C(=O)O. The summed E-state index contributed by atoms with van der Waals surface area (Å²) < 4.78 is 4.92. The first-order chi connectivity index (χ1) is 15.2. The molecule has 2 rings (SSSR count). The number of amides is 2. The van der Waals surface area contributed by atoms with Crippen LogP contribution < -0.4 is 21.8 Å². The molecule has 0 spiro atoms. The number of hydrogen-bond donors (Lipinski definition) is 5. The molecular weight excluding hydrogens is 438 g/mol. The Kier molecular flexibility index (Phi) is 8.84. The highest BCUT2D eigenvalue weighted by Crippen LogP contribution is 2.23. The quantitative estimate of drug-likeness (QED) is 0.166. The van der Waals surface area contributed by atoms with Crippen molar-refractivity contribution in [3.8, 4) is 0 Å². The Hall–Kier alpha value is -3.79. The van der Waals surface area contributed by atoms with Crippen molar-refractivity contribution in [2.75, 3.05) is 10.6 Å². The van der Waals surface area contributed by atoms with Crippen molar-refractivity contribution in [1.29, 1.82) is 0 Å². The van der Waals surface area contributed by atoms with Gasteiger partial charge in [-0.15, -0.1) is 0 Å². The summed E-state index contributed by atoms with van der Waals surface area (Å²) in [7, 11) is 0. The molecule has 0 aliphatic rings. The second-order valence-electron chi connectivity index (χ2n) is 6.96. The second-order valence-corrected chi connectivity index (χ2v) is 7.37. The molecule has 32 heavy (non-hydrogen) atoms. The highest BCUT2D eigenvalue weighted by Gasteiger charge is 2.21. The number of nitrogens with one attached hydrogen (secondary N) is 3. The molecule has 0 saturated heterocycles. The molecule has 6 N–H and O–H groups in total. The summed E-state index contributed by atoms with van der Waals surface area (Å²) >= 11 is 6.06. The number of carboxylic acids is 1. The first kappa shape index (κ1) is 24.5. The van der Waals surface area contributed by atoms with Gasteiger partial charge in [0.1, 0.15) is 12.4 Å². The number of nitrogens with zero attached hydrogens (tertiary/aromatic N) is 1. The summed E-state index contributed by atoms with van der Waals surface area (Å²) in [6, 6.07) is 10.1. The summed E-state index contributed by atoms with van der Waals surface area (Å²) in [5, 5.41) is 20.9. The van der Waals surface area contributed by atoms with E-state index in [9.17, 15) is 19.5 Å². The van der Waals surface area contributed by atoms with Crippen LogP contribution in [0, 0.1) is 0 Å². The number of nitrogens with two attached hydrogens (primary N) is 1. The summed E-state index contributed by atoms with van der Waals surface area (Å²) in [4.78, 5) is 35.7. The predicted octanol–water partition coefficient (Wildman–Crippen LogP) is 3.04. The molecule has 0 bridgehead atoms. The molecule has 10 nitrogen and oxygen atoms in total. The maximum atomic E-state index is 12.5. The van der Waals surface area contributed by atoms with Gasteiger partial charge in [0.15, 0.2) is 0 Å². The highest BCUT2D eigenvalue weighted by molar-refractivity contribution is 6.33. The molecule has 0 unspecified atom stereocenters. The van der Waals surface area contributed by atoms with Crippen molar-refractivity contribution >= 4 is 47.3 Å². The third-order valence-corrected chi connectivity index (χ3v) is 4.44. The normalized spacial score (nSPS) is 11.8. The van der Waals surface area contributed by atoms with E-state index < -0.39 is 18.1 Å². The van der Waals surface area contributed by atoms with Crippen LogP contribution in [-0.4, -0.2) is 41.6 Å². The molecule has 0 aliphatic heterocycles. The third kappa shape index (κ3) is 7.47. The van der Waals surface area contributed by atoms with Crippen molar-refractivity contribution in [1.82, 2.24) is 5.32 Å². The van der Waals surface area contributed by atoms with Crippen LogP contribution in [0.25, 0.3) is 0 Å². The minimum atomic E-state index is -1.19. The summed E-state index contributed by atoms with van der Waals surface area (Å²) in [5.41, 5.74) is 1.97. The Bertz CT molecular complexity index is 995. The highest BCUT2D eigenvalue weighted by atomic mass is 35.5. The Morgan fingerprint density at radius 1 is 1.19 bits per heavy atom. The van der Waals surface area contributed by atoms with Crippen molar-refractivity contribution < 1.29 is 24.2 Å². The number of aliphatic carboxylic acids is 1. The maximum absolute atomic E-state index is 12.5. The molecule has 0 heterocycles. The minimum Gasteiger partial charge on any atom is -0.480 e. The van der Waals surface area contributed by atoms with Gasteiger partial charge in [0, 0.05) is 17.7 Å². The number of rotatable bonds is 9. The van der Waals surface area contributed by atoms with Gasteiger partial charge in [-0.1, -0.05) is 23.7 Å². The van der Waals surface area contributed by atoms with E-state index in [-0.39, 0.29) is 18.4 Å². The topological polar surface area (TPSA) is 155 Å². The number of halogens is 1. The predicted molar refractivity (Wildman–Crippen MR) is 122 cm³/mol. The fraction of sp³-hybridized carbons (Fsp3) is 0.238. The number of anilines is 2. The number of ether oxygens (including phenoxy) is 1. The average Bonchev–Trinajstić information content (AvgIpc) is 2.73. The van der Waals surface area contributed by atoms with Gasteiger partial charge in [-0.3, -0.25) is 4.79 Å². The Balaban J connectivity index is 2.03. The van der Waals surface area contributed by atoms with Crippen LogP contribution >= 0.6 is 11.6 Å². The smallest absolute Gasteiger partial charge is 0.408 e. The first-order valence-electron chi connectivity index (χ1n) is 9.57. The number of carboxylic acid groups (broad SMARTS) is 1. The lowest BCUT2D eigenvalue weighted by Gasteiger charge is -2.16. The van der Waals surface area contributed by atoms with E-state index in [4.69, 9.17) is 22.2 Å². The van der Waals surface area contributed by atoms with Gasteiger partial charge >= 0.3 is 12.1 Å². The van der Waals surface area contributed by atoms with Gasteiger partial charge < -0.3 is 31.6 Å². The number of hydrazone groups is 1. The van der Waals surface area contributed by atoms with Gasteiger partial charge in [-0.2, -0.15) is 5.10 Å². The van der Waals surface area contributed by atoms with Crippen LogP contribution in [0.1, 0.15) is 29.8 Å². The van der Waals surface area contributed by atoms with Gasteiger partial charge in [0.25, 0.3) is 5.91 Å². The van der Waals surface area contributed by atoms with Gasteiger partial charge in [-0.05, 0) is 49.7 Å². The Morgan fingerprint density at radius 3 is 2.47 bits per heavy atom. The lowest BCUT2D eigenvalue weighted by Crippen LogP contribution is -2.43. The largest absolute Gasteiger partial charge is 0.480 e. The van der Waals surface area contributed by atoms with Crippen molar-refractivity contribution in [2.24, 2.45) is 10.9 Å². The molecule has 0 saturated carbocycles. The number of carbonyl (C=O) groups excluding carboxylic acids is 2. The Morgan fingerprint density at radius 2 is 1.88 bits per heavy atom. The van der Waals surface area contributed by atoms with Crippen LogP contribution in [-0.2, 0) is 16.0 Å². The number of carbonyl (C=O) groups is 3. The molecular formula is C21H24ClN5O5. The molecule has 2 amide bonds. The summed E-state index contributed by atoms with van der Waals surface area (Å²) in [6.07, 6.45) is 0.120. The van der Waals surface area contributed by atoms with E-state index in [1.54, 1.807) is 56.3 Å². The molecule has 170 valence electrons. The lowest BCUT2D eigenvalue weighted by molar-refractivity contribution is -0.139. The molecule has 1 atom stereocenters. The zero-order valence-corrected chi connectivity index (χ0v) is 18.2. The summed E-state index contributed by atoms with van der Waals surface area (Å²) in [5.74, 6) is 3.50. The Labute approximate surface area is 189 Å². The molecule has 2 aromatic rings. The third-order valence-electron chi connectivity index (χ3n) is 4.11. The zero-order chi connectivity index (χ0) is 23.7. The summed E-state index contributed by atoms with van der Waals surface area (Å²) in [6.45, 7) is 3.33. The van der Waals surface area contributed by atoms with Crippen LogP contribution in [0.15, 0.2) is 47.6 Å². The van der Waals surface area contributed by atoms with E-state index in [1.165, 1.54) is 6.34 Å². The van der Waals surface area contributed by atoms with E-state index >= 15 is 0 Å². The van der Waals surface area contributed by atoms with Crippen LogP contribution in [0.5, 0.6) is 0 Å². The standard InChI is InChI=1S/C21H24ClN5O5/c1-12(2)32-21(31)27-18(20(29)30)9-13-3-6-15(7-4-13)26-19(28)14-5-8-16(22)17(10-14)24-11-25-23/h3-8,10-12,18H,9,23H2,1-2H3,(H,24,25)(H,26,28)(H,27,31)(H,29,30)/t18-/m0/s1. The monoisotopic (exact) mass is 461 g/mol. The fourth-order valence-electron chi connectivity index (χ4n) is 2.64. The van der Waals surface area contributed by atoms with Gasteiger partial charge in [-0.25, -0.2) is 9.59 Å². The van der Waals surface area contributed by atoms with E-state index in [2.05, 4.69) is 21.1 Å².